The van der Waals surface area contributed by atoms with Crippen molar-refractivity contribution in [2.75, 3.05) is 18.8 Å². The Hall–Kier alpha value is -0.980. The number of carbonyl (C=O) groups is 1. The highest BCUT2D eigenvalue weighted by molar-refractivity contribution is 7.99. The Morgan fingerprint density at radius 1 is 1.72 bits per heavy atom. The first-order valence-corrected chi connectivity index (χ1v) is 7.09. The molecule has 0 saturated carbocycles. The molecule has 0 bridgehead atoms. The highest BCUT2D eigenvalue weighted by Crippen LogP contribution is 2.21. The van der Waals surface area contributed by atoms with Crippen molar-refractivity contribution in [1.82, 2.24) is 10.3 Å². The summed E-state index contributed by atoms with van der Waals surface area (Å²) in [6.07, 6.45) is 0. The van der Waals surface area contributed by atoms with Gasteiger partial charge in [-0.05, 0) is 13.0 Å². The van der Waals surface area contributed by atoms with Crippen molar-refractivity contribution in [2.45, 2.75) is 25.6 Å². The second kappa shape index (κ2) is 5.77. The highest BCUT2D eigenvalue weighted by Gasteiger charge is 2.20. The third-order valence-corrected chi connectivity index (χ3v) is 4.15. The van der Waals surface area contributed by atoms with E-state index >= 15 is 0 Å². The van der Waals surface area contributed by atoms with Gasteiger partial charge in [0.1, 0.15) is 5.76 Å². The summed E-state index contributed by atoms with van der Waals surface area (Å²) in [4.78, 5) is 13.8. The van der Waals surface area contributed by atoms with Gasteiger partial charge in [-0.3, -0.25) is 15.1 Å². The molecular formula is C12H19N3O2S. The van der Waals surface area contributed by atoms with E-state index in [0.717, 1.165) is 36.7 Å². The quantitative estimate of drug-likeness (QED) is 0.489. The van der Waals surface area contributed by atoms with Crippen molar-refractivity contribution in [3.63, 3.8) is 0 Å². The van der Waals surface area contributed by atoms with E-state index in [9.17, 15) is 4.79 Å². The van der Waals surface area contributed by atoms with Gasteiger partial charge in [0.25, 0.3) is 0 Å². The van der Waals surface area contributed by atoms with Crippen LogP contribution in [0, 0.1) is 6.92 Å². The topological polar surface area (TPSA) is 71.5 Å². The third kappa shape index (κ3) is 3.07. The fraction of sp³-hybridized carbons (Fsp3) is 0.583. The van der Waals surface area contributed by atoms with Gasteiger partial charge in [0.15, 0.2) is 5.76 Å². The Kier molecular flexibility index (Phi) is 4.31. The molecule has 2 heterocycles. The van der Waals surface area contributed by atoms with Crippen LogP contribution in [0.5, 0.6) is 0 Å². The third-order valence-electron chi connectivity index (χ3n) is 3.01. The number of hydrogen-bond acceptors (Lipinski definition) is 5. The molecule has 3 N–H and O–H groups in total. The molecule has 0 aromatic carbocycles. The molecule has 1 atom stereocenters. The van der Waals surface area contributed by atoms with Crippen LogP contribution in [0.1, 0.15) is 28.8 Å². The lowest BCUT2D eigenvalue weighted by molar-refractivity contribution is 0.0921. The number of thioether (sulfide) groups is 1. The zero-order valence-corrected chi connectivity index (χ0v) is 11.5. The van der Waals surface area contributed by atoms with Crippen molar-refractivity contribution in [3.8, 4) is 0 Å². The molecule has 0 radical (unpaired) electrons. The van der Waals surface area contributed by atoms with E-state index in [4.69, 9.17) is 10.3 Å². The molecule has 1 fully saturated rings. The number of nitrogens with two attached hydrogens (primary N) is 1. The molecule has 0 aliphatic carbocycles. The first-order valence-electron chi connectivity index (χ1n) is 6.04. The van der Waals surface area contributed by atoms with E-state index in [1.807, 2.05) is 24.8 Å². The van der Waals surface area contributed by atoms with E-state index in [1.54, 1.807) is 0 Å². The van der Waals surface area contributed by atoms with Crippen LogP contribution in [0.25, 0.3) is 0 Å². The molecule has 1 aliphatic heterocycles. The summed E-state index contributed by atoms with van der Waals surface area (Å²) in [5, 5.41) is 0.654. The SMILES string of the molecule is Cc1cc(CN2CCSC(C)C2)oc1C(=O)NN. The molecule has 5 nitrogen and oxygen atoms in total. The number of furan rings is 1. The maximum Gasteiger partial charge on any atom is 0.301 e. The van der Waals surface area contributed by atoms with E-state index in [-0.39, 0.29) is 5.91 Å². The zero-order valence-electron chi connectivity index (χ0n) is 10.7. The van der Waals surface area contributed by atoms with Crippen LogP contribution in [0.15, 0.2) is 10.5 Å². The van der Waals surface area contributed by atoms with Gasteiger partial charge in [-0.15, -0.1) is 0 Å². The second-order valence-electron chi connectivity index (χ2n) is 4.61. The van der Waals surface area contributed by atoms with Crippen LogP contribution < -0.4 is 11.3 Å². The first kappa shape index (κ1) is 13.5. The average molecular weight is 269 g/mol. The number of carbonyl (C=O) groups excluding carboxylic acids is 1. The van der Waals surface area contributed by atoms with Crippen LogP contribution >= 0.6 is 11.8 Å². The lowest BCUT2D eigenvalue weighted by Crippen LogP contribution is -2.35. The molecule has 1 aromatic heterocycles. The van der Waals surface area contributed by atoms with E-state index < -0.39 is 0 Å². The molecule has 1 unspecified atom stereocenters. The number of amides is 1. The van der Waals surface area contributed by atoms with E-state index in [0.29, 0.717) is 11.0 Å². The zero-order chi connectivity index (χ0) is 13.1. The largest absolute Gasteiger partial charge is 0.454 e. The lowest BCUT2D eigenvalue weighted by Gasteiger charge is -2.29. The van der Waals surface area contributed by atoms with Crippen LogP contribution in [0.2, 0.25) is 0 Å². The second-order valence-corrected chi connectivity index (χ2v) is 6.16. The summed E-state index contributed by atoms with van der Waals surface area (Å²) >= 11 is 2.00. The number of nitrogen functional groups attached to an aromatic ring is 1. The number of nitrogens with zero attached hydrogens (tertiary/aromatic N) is 1. The van der Waals surface area contributed by atoms with Gasteiger partial charge in [0.2, 0.25) is 0 Å². The summed E-state index contributed by atoms with van der Waals surface area (Å²) in [5.74, 6) is 7.02. The van der Waals surface area contributed by atoms with Gasteiger partial charge in [-0.2, -0.15) is 11.8 Å². The van der Waals surface area contributed by atoms with Crippen molar-refractivity contribution in [1.29, 1.82) is 0 Å². The van der Waals surface area contributed by atoms with Crippen LogP contribution in [-0.2, 0) is 6.54 Å². The Morgan fingerprint density at radius 2 is 2.50 bits per heavy atom. The monoisotopic (exact) mass is 269 g/mol. The van der Waals surface area contributed by atoms with Gasteiger partial charge in [0.05, 0.1) is 6.54 Å². The highest BCUT2D eigenvalue weighted by atomic mass is 32.2. The Bertz CT molecular complexity index is 433. The minimum Gasteiger partial charge on any atom is -0.454 e. The average Bonchev–Trinajstić information content (AvgIpc) is 2.69. The molecule has 1 amide bonds. The van der Waals surface area contributed by atoms with Crippen LogP contribution in [-0.4, -0.2) is 34.9 Å². The predicted octanol–water partition coefficient (Wildman–Crippen LogP) is 1.13. The minimum absolute atomic E-state index is 0.312. The van der Waals surface area contributed by atoms with Crippen molar-refractivity contribution < 1.29 is 9.21 Å². The fourth-order valence-electron chi connectivity index (χ4n) is 2.17. The summed E-state index contributed by atoms with van der Waals surface area (Å²) in [6.45, 7) is 6.96. The number of nitrogens with one attached hydrogen (secondary N) is 1. The Balaban J connectivity index is 2.03. The lowest BCUT2D eigenvalue weighted by atomic mass is 10.2. The normalized spacial score (nSPS) is 20.9. The van der Waals surface area contributed by atoms with Gasteiger partial charge >= 0.3 is 5.91 Å². The van der Waals surface area contributed by atoms with Gasteiger partial charge in [0, 0.05) is 29.7 Å². The summed E-state index contributed by atoms with van der Waals surface area (Å²) in [6, 6.07) is 1.91. The van der Waals surface area contributed by atoms with Crippen molar-refractivity contribution >= 4 is 17.7 Å². The van der Waals surface area contributed by atoms with Crippen LogP contribution in [0.4, 0.5) is 0 Å². The van der Waals surface area contributed by atoms with Crippen molar-refractivity contribution in [2.24, 2.45) is 5.84 Å². The molecule has 1 saturated heterocycles. The molecule has 6 heteroatoms. The summed E-state index contributed by atoms with van der Waals surface area (Å²) in [7, 11) is 0. The smallest absolute Gasteiger partial charge is 0.301 e. The first-order chi connectivity index (χ1) is 8.60. The van der Waals surface area contributed by atoms with Gasteiger partial charge < -0.3 is 4.42 Å². The minimum atomic E-state index is -0.374. The number of hydrogen-bond donors (Lipinski definition) is 2. The van der Waals surface area contributed by atoms with Gasteiger partial charge in [-0.1, -0.05) is 6.92 Å². The molecule has 18 heavy (non-hydrogen) atoms. The summed E-state index contributed by atoms with van der Waals surface area (Å²) in [5.41, 5.74) is 2.92. The number of rotatable bonds is 3. The molecule has 0 spiro atoms. The van der Waals surface area contributed by atoms with Gasteiger partial charge in [-0.25, -0.2) is 5.84 Å². The maximum absolute atomic E-state index is 11.4. The Labute approximate surface area is 111 Å². The maximum atomic E-state index is 11.4. The Morgan fingerprint density at radius 3 is 3.17 bits per heavy atom. The number of hydrazine groups is 1. The van der Waals surface area contributed by atoms with Crippen LogP contribution in [0.3, 0.4) is 0 Å². The van der Waals surface area contributed by atoms with E-state index in [2.05, 4.69) is 17.2 Å². The molecule has 2 rings (SSSR count). The molecule has 1 aliphatic rings. The summed E-state index contributed by atoms with van der Waals surface area (Å²) < 4.78 is 5.56. The number of aryl methyl sites for hydroxylation is 1. The predicted molar refractivity (Wildman–Crippen MR) is 72.3 cm³/mol. The standard InChI is InChI=1S/C12H19N3O2S/c1-8-5-10(17-11(8)12(16)14-13)7-15-3-4-18-9(2)6-15/h5,9H,3-4,6-7,13H2,1-2H3,(H,14,16). The van der Waals surface area contributed by atoms with Crippen molar-refractivity contribution in [3.05, 3.63) is 23.2 Å². The fourth-order valence-corrected chi connectivity index (χ4v) is 3.25. The molecule has 100 valence electrons. The molecular weight excluding hydrogens is 250 g/mol. The molecule has 1 aromatic rings. The van der Waals surface area contributed by atoms with E-state index in [1.165, 1.54) is 0 Å².